The number of furan rings is 1. The molecule has 16 aromatic rings. The summed E-state index contributed by atoms with van der Waals surface area (Å²) >= 11 is 0. The standard InChI is InChI=1S/C28H18.C22H25N2.C18H16N3.C17H14N2O.C14H12N2.C5H8O2.Ir/c1-4-10-21(11-5-1)24-16-17-25-18-26(22-12-6-2-7-13-22)20-27(28(25)19-24)23-14-8-3-9-15-23;1-15(2)18-10-7-11-19(16(3)4)21(18)24-13-12-23-14-17-8-5-6-9-20(17)22(23)24;1-11(2)21-19-17-15-8-4-3-7-13(15)14-9-5-6-12-10-20(21)18(17)16(12)14;1-18-8-9-19-15(18)10-11-6-7-13-12-4-2-3-5-14(12)20-17(13)16(11)19;1-2-7-13-11(5-1)9-14-15-8-4-3-6-12(15)10-16(13)14;1-4(6)3-5(2)7;/h1-12,14-17,19-20H;5-13,15-16H,14H2,1-4H3;3-9,11H,10H2,1-2H3;2-9,15H,10H2,1H3;1-8,10,14H,9H2;3,6H,1-2H3;/q-2;2*+1;;;;. The largest absolute Gasteiger partial charge is 0.512 e. The minimum Gasteiger partial charge on any atom is -0.512 e. The number of benzene rings is 13. The Morgan fingerprint density at radius 2 is 1.23 bits per heavy atom. The summed E-state index contributed by atoms with van der Waals surface area (Å²) in [4.78, 5) is 21.5. The van der Waals surface area contributed by atoms with Crippen molar-refractivity contribution >= 4 is 82.4 Å². The van der Waals surface area contributed by atoms with Crippen molar-refractivity contribution in [2.75, 3.05) is 16.8 Å². The van der Waals surface area contributed by atoms with Gasteiger partial charge in [0.25, 0.3) is 11.3 Å². The van der Waals surface area contributed by atoms with Crippen LogP contribution in [0.5, 0.6) is 0 Å². The van der Waals surface area contributed by atoms with Crippen LogP contribution >= 0.6 is 0 Å². The number of allylic oxidation sites excluding steroid dienone is 5. The molecule has 0 saturated heterocycles. The van der Waals surface area contributed by atoms with Crippen LogP contribution in [-0.4, -0.2) is 54.5 Å². The van der Waals surface area contributed by atoms with Gasteiger partial charge in [0.15, 0.2) is 11.4 Å². The van der Waals surface area contributed by atoms with Gasteiger partial charge in [-0.3, -0.25) is 4.79 Å². The summed E-state index contributed by atoms with van der Waals surface area (Å²) in [5.41, 5.74) is 26.5. The van der Waals surface area contributed by atoms with Crippen LogP contribution in [0.25, 0.3) is 116 Å². The number of hydrogen-bond acceptors (Lipinski definition) is 8. The molecule has 10 heterocycles. The fourth-order valence-electron chi connectivity index (χ4n) is 17.8. The van der Waals surface area contributed by atoms with E-state index in [-0.39, 0.29) is 31.6 Å². The van der Waals surface area contributed by atoms with Crippen LogP contribution in [0.3, 0.4) is 0 Å². The zero-order chi connectivity index (χ0) is 79.4. The molecule has 0 bridgehead atoms. The Balaban J connectivity index is 0.000000103. The molecular weight excluding hydrogens is 1620 g/mol. The number of aliphatic hydroxyl groups is 1. The maximum Gasteiger partial charge on any atom is 0.294 e. The van der Waals surface area contributed by atoms with Crippen molar-refractivity contribution < 1.29 is 43.7 Å². The van der Waals surface area contributed by atoms with Crippen LogP contribution in [0, 0.1) is 12.1 Å². The second kappa shape index (κ2) is 32.4. The number of ketones is 1. The second-order valence-corrected chi connectivity index (χ2v) is 31.8. The van der Waals surface area contributed by atoms with E-state index in [2.05, 4.69) is 379 Å². The molecule has 1 radical (unpaired) electrons. The van der Waals surface area contributed by atoms with Crippen molar-refractivity contribution in [3.8, 4) is 50.5 Å². The number of imidazole rings is 1. The van der Waals surface area contributed by atoms with E-state index in [1.165, 1.54) is 153 Å². The molecule has 0 saturated carbocycles. The number of aromatic nitrogens is 5. The van der Waals surface area contributed by atoms with E-state index in [9.17, 15) is 4.79 Å². The number of likely N-dealkylation sites (N-methyl/N-ethyl adjacent to an activating group) is 1. The average Bonchev–Trinajstić information content (AvgIpc) is 1.53. The second-order valence-electron chi connectivity index (χ2n) is 31.8. The average molecular weight is 1710 g/mol. The molecule has 581 valence electrons. The zero-order valence-electron chi connectivity index (χ0n) is 67.4. The van der Waals surface area contributed by atoms with E-state index in [1.807, 2.05) is 30.3 Å². The van der Waals surface area contributed by atoms with Gasteiger partial charge in [0.1, 0.15) is 55.1 Å². The van der Waals surface area contributed by atoms with Crippen LogP contribution in [0.2, 0.25) is 0 Å². The van der Waals surface area contributed by atoms with Gasteiger partial charge in [0.2, 0.25) is 5.52 Å². The summed E-state index contributed by atoms with van der Waals surface area (Å²) in [5.74, 6) is 2.24. The van der Waals surface area contributed by atoms with Gasteiger partial charge in [-0.05, 0) is 119 Å². The summed E-state index contributed by atoms with van der Waals surface area (Å²) in [6, 6.07) is 97.6. The number of anilines is 2. The Hall–Kier alpha value is -12.9. The summed E-state index contributed by atoms with van der Waals surface area (Å²) in [6.45, 7) is 18.3. The Morgan fingerprint density at radius 1 is 0.556 bits per heavy atom. The topological polar surface area (TPSA) is 93.9 Å². The molecule has 7 aliphatic heterocycles. The molecule has 0 amide bonds. The first kappa shape index (κ1) is 76.7. The van der Waals surface area contributed by atoms with Gasteiger partial charge in [-0.1, -0.05) is 239 Å². The molecule has 13 aromatic carbocycles. The van der Waals surface area contributed by atoms with Crippen molar-refractivity contribution in [2.24, 2.45) is 0 Å². The first-order valence-electron chi connectivity index (χ1n) is 40.5. The van der Waals surface area contributed by atoms with Gasteiger partial charge in [-0.25, -0.2) is 10.1 Å². The quantitative estimate of drug-likeness (QED) is 0.0529. The third-order valence-corrected chi connectivity index (χ3v) is 23.2. The fourth-order valence-corrected chi connectivity index (χ4v) is 17.8. The number of carbonyl (C=O) groups excluding carboxylic acids is 1. The molecule has 7 aliphatic rings. The zero-order valence-corrected chi connectivity index (χ0v) is 69.8. The molecule has 0 spiro atoms. The molecule has 117 heavy (non-hydrogen) atoms. The monoisotopic (exact) mass is 1710 g/mol. The minimum atomic E-state index is -0.125. The summed E-state index contributed by atoms with van der Waals surface area (Å²) < 4.78 is 13.3. The smallest absolute Gasteiger partial charge is 0.294 e. The van der Waals surface area contributed by atoms with E-state index in [4.69, 9.17) is 14.6 Å². The van der Waals surface area contributed by atoms with Gasteiger partial charge in [0.05, 0.1) is 22.7 Å². The van der Waals surface area contributed by atoms with Gasteiger partial charge in [0, 0.05) is 125 Å². The SMILES string of the molecule is C1=CC2=CN3c4ccccc4CC3N2C=C1.CC(=O)C=C(C)O.CC(C)c1cccc(C(C)C)c1-n1cc[n+]2c1-c1ccccc1C2.CC(C)n1nc2c3ccccc3c3cccc4c3c2[n+]1C4.CN1C=CN2c3c(ccc4c3oc3ccccc34)CC12.[Ir].[c-]1ccccc1-c1[c-]c2ccc(-c3ccccc3)cc2c(-c2ccccc2)c1. The van der Waals surface area contributed by atoms with E-state index in [0.29, 0.717) is 30.2 Å². The van der Waals surface area contributed by atoms with Gasteiger partial charge in [-0.15, -0.1) is 22.2 Å². The summed E-state index contributed by atoms with van der Waals surface area (Å²) in [6.07, 6.45) is 23.7. The predicted octanol–water partition coefficient (Wildman–Crippen LogP) is 23.4. The maximum atomic E-state index is 10.0. The fraction of sp³-hybridized carbons (Fsp3) is 0.173. The molecule has 23 rings (SSSR count). The number of aliphatic hydroxyl groups excluding tert-OH is 1. The first-order chi connectivity index (χ1) is 56.6. The van der Waals surface area contributed by atoms with E-state index in [1.54, 1.807) is 0 Å². The maximum absolute atomic E-state index is 10.0. The number of hydrogen-bond donors (Lipinski definition) is 1. The number of para-hydroxylation sites is 3. The van der Waals surface area contributed by atoms with Gasteiger partial charge < -0.3 is 29.1 Å². The predicted molar refractivity (Wildman–Crippen MR) is 473 cm³/mol. The molecule has 2 atom stereocenters. The third-order valence-electron chi connectivity index (χ3n) is 23.2. The Kier molecular flexibility index (Phi) is 21.2. The molecule has 13 heteroatoms. The molecule has 2 unspecified atom stereocenters. The van der Waals surface area contributed by atoms with Crippen molar-refractivity contribution in [1.29, 1.82) is 0 Å². The van der Waals surface area contributed by atoms with Crippen LogP contribution < -0.4 is 19.0 Å². The molecule has 0 fully saturated rings. The minimum absolute atomic E-state index is 0. The molecule has 1 N–H and O–H groups in total. The number of nitrogens with zero attached hydrogens (tertiary/aromatic N) is 9. The van der Waals surface area contributed by atoms with Crippen LogP contribution in [0.4, 0.5) is 11.4 Å². The molecule has 3 aromatic heterocycles. The number of fused-ring (bicyclic) bond motifs is 19. The number of rotatable bonds is 8. The van der Waals surface area contributed by atoms with E-state index in [0.717, 1.165) is 59.1 Å². The summed E-state index contributed by atoms with van der Waals surface area (Å²) in [7, 11) is 2.13. The molecule has 0 aliphatic carbocycles. The Bertz CT molecular complexity index is 6610. The molecule has 12 nitrogen and oxygen atoms in total. The molecular formula is C104H93IrN9O3. The van der Waals surface area contributed by atoms with E-state index >= 15 is 0 Å². The Morgan fingerprint density at radius 3 is 1.97 bits per heavy atom. The summed E-state index contributed by atoms with van der Waals surface area (Å²) in [5, 5.41) is 23.3. The van der Waals surface area contributed by atoms with Crippen molar-refractivity contribution in [3.05, 3.63) is 373 Å². The third kappa shape index (κ3) is 14.4. The van der Waals surface area contributed by atoms with Gasteiger partial charge >= 0.3 is 0 Å². The van der Waals surface area contributed by atoms with Crippen LogP contribution in [-0.2, 0) is 50.8 Å². The normalized spacial score (nSPS) is 15.1. The number of carbonyl (C=O) groups is 1. The Labute approximate surface area is 697 Å². The van der Waals surface area contributed by atoms with Crippen molar-refractivity contribution in [2.45, 2.75) is 112 Å². The van der Waals surface area contributed by atoms with Crippen LogP contribution in [0.1, 0.15) is 107 Å². The van der Waals surface area contributed by atoms with Gasteiger partial charge in [-0.2, -0.15) is 46.5 Å². The van der Waals surface area contributed by atoms with E-state index < -0.39 is 0 Å². The van der Waals surface area contributed by atoms with Crippen LogP contribution in [0.15, 0.2) is 332 Å². The first-order valence-corrected chi connectivity index (χ1v) is 40.5. The van der Waals surface area contributed by atoms with Crippen molar-refractivity contribution in [1.82, 2.24) is 24.3 Å². The van der Waals surface area contributed by atoms with Crippen molar-refractivity contribution in [3.63, 3.8) is 0 Å².